The summed E-state index contributed by atoms with van der Waals surface area (Å²) in [5.74, 6) is 1.53. The first kappa shape index (κ1) is 21.0. The number of hydrogen-bond acceptors (Lipinski definition) is 4. The number of phenols is 1. The van der Waals surface area contributed by atoms with Crippen molar-refractivity contribution in [3.8, 4) is 11.5 Å². The molecule has 2 rings (SSSR count). The average Bonchev–Trinajstić information content (AvgIpc) is 2.64. The Morgan fingerprint density at radius 1 is 1.08 bits per heavy atom. The van der Waals surface area contributed by atoms with Gasteiger partial charge in [-0.1, -0.05) is 29.3 Å². The van der Waals surface area contributed by atoms with Crippen LogP contribution in [0.3, 0.4) is 0 Å². The predicted molar refractivity (Wildman–Crippen MR) is 112 cm³/mol. The minimum atomic E-state index is -0.156. The van der Waals surface area contributed by atoms with E-state index in [0.29, 0.717) is 36.3 Å². The third-order valence-electron chi connectivity index (χ3n) is 3.62. The van der Waals surface area contributed by atoms with Crippen LogP contribution in [-0.2, 0) is 0 Å². The molecule has 8 heteroatoms. The van der Waals surface area contributed by atoms with Crippen molar-refractivity contribution >= 4 is 64.0 Å². The molecule has 0 aliphatic carbocycles. The molecule has 0 fully saturated rings. The number of nitrogens with zero attached hydrogens (tertiary/aromatic N) is 2. The standard InChI is InChI=1S/C18H18Cl4N2O2/c1-26-17-8-12(2-3-16(17)24(6-4-19)7-5-20)11-23-13-9-14(21)18(25)15(22)10-13/h2-3,8-11,25H,4-7H2,1H3. The lowest BCUT2D eigenvalue weighted by Gasteiger charge is -2.25. The molecule has 26 heavy (non-hydrogen) atoms. The van der Waals surface area contributed by atoms with Crippen LogP contribution in [0.2, 0.25) is 10.0 Å². The molecular formula is C18H18Cl4N2O2. The van der Waals surface area contributed by atoms with Gasteiger partial charge in [-0.2, -0.15) is 0 Å². The van der Waals surface area contributed by atoms with Crippen molar-refractivity contribution in [3.63, 3.8) is 0 Å². The highest BCUT2D eigenvalue weighted by Crippen LogP contribution is 2.36. The third kappa shape index (κ3) is 5.34. The van der Waals surface area contributed by atoms with Crippen LogP contribution in [-0.4, -0.2) is 43.3 Å². The third-order valence-corrected chi connectivity index (χ3v) is 4.53. The number of alkyl halides is 2. The highest BCUT2D eigenvalue weighted by Gasteiger charge is 2.12. The number of ether oxygens (including phenoxy) is 1. The first-order valence-corrected chi connectivity index (χ1v) is 9.59. The number of anilines is 1. The van der Waals surface area contributed by atoms with Gasteiger partial charge in [0.1, 0.15) is 5.75 Å². The summed E-state index contributed by atoms with van der Waals surface area (Å²) >= 11 is 23.6. The number of phenolic OH excluding ortho intramolecular Hbond substituents is 1. The molecule has 0 radical (unpaired) electrons. The lowest BCUT2D eigenvalue weighted by molar-refractivity contribution is 0.414. The van der Waals surface area contributed by atoms with Gasteiger partial charge in [0.25, 0.3) is 0 Å². The number of benzene rings is 2. The van der Waals surface area contributed by atoms with Gasteiger partial charge in [-0.25, -0.2) is 0 Å². The average molecular weight is 436 g/mol. The molecule has 0 heterocycles. The molecule has 140 valence electrons. The Labute approximate surface area is 172 Å². The smallest absolute Gasteiger partial charge is 0.152 e. The summed E-state index contributed by atoms with van der Waals surface area (Å²) in [6.45, 7) is 1.34. The summed E-state index contributed by atoms with van der Waals surface area (Å²) in [5, 5.41) is 9.90. The fourth-order valence-corrected chi connectivity index (χ4v) is 3.25. The Hall–Kier alpha value is -1.33. The highest BCUT2D eigenvalue weighted by atomic mass is 35.5. The molecular weight excluding hydrogens is 418 g/mol. The van der Waals surface area contributed by atoms with E-state index < -0.39 is 0 Å². The maximum Gasteiger partial charge on any atom is 0.152 e. The van der Waals surface area contributed by atoms with Crippen molar-refractivity contribution in [3.05, 3.63) is 45.9 Å². The van der Waals surface area contributed by atoms with Gasteiger partial charge in [0.15, 0.2) is 5.75 Å². The van der Waals surface area contributed by atoms with Gasteiger partial charge in [-0.05, 0) is 29.8 Å². The van der Waals surface area contributed by atoms with Crippen LogP contribution in [0.25, 0.3) is 0 Å². The van der Waals surface area contributed by atoms with Crippen LogP contribution in [0, 0.1) is 0 Å². The SMILES string of the molecule is COc1cc(C=Nc2cc(Cl)c(O)c(Cl)c2)ccc1N(CCCl)CCCl. The Balaban J connectivity index is 2.28. The van der Waals surface area contributed by atoms with Crippen molar-refractivity contribution in [2.45, 2.75) is 0 Å². The lowest BCUT2D eigenvalue weighted by Crippen LogP contribution is -2.28. The molecule has 0 aliphatic heterocycles. The van der Waals surface area contributed by atoms with E-state index >= 15 is 0 Å². The van der Waals surface area contributed by atoms with E-state index in [2.05, 4.69) is 9.89 Å². The number of hydrogen-bond donors (Lipinski definition) is 1. The Bertz CT molecular complexity index is 755. The van der Waals surface area contributed by atoms with Gasteiger partial charge in [-0.15, -0.1) is 23.2 Å². The molecule has 0 amide bonds. The molecule has 0 aliphatic rings. The van der Waals surface area contributed by atoms with Gasteiger partial charge in [0, 0.05) is 31.1 Å². The molecule has 0 saturated heterocycles. The molecule has 0 spiro atoms. The quantitative estimate of drug-likeness (QED) is 0.424. The topological polar surface area (TPSA) is 45.1 Å². The summed E-state index contributed by atoms with van der Waals surface area (Å²) in [7, 11) is 1.61. The summed E-state index contributed by atoms with van der Waals surface area (Å²) in [4.78, 5) is 6.41. The minimum absolute atomic E-state index is 0.148. The van der Waals surface area contributed by atoms with Gasteiger partial charge in [0.05, 0.1) is 28.5 Å². The van der Waals surface area contributed by atoms with Crippen LogP contribution in [0.1, 0.15) is 5.56 Å². The molecule has 4 nitrogen and oxygen atoms in total. The Morgan fingerprint density at radius 2 is 1.69 bits per heavy atom. The predicted octanol–water partition coefficient (Wildman–Crippen LogP) is 5.74. The van der Waals surface area contributed by atoms with Crippen LogP contribution < -0.4 is 9.64 Å². The second-order valence-corrected chi connectivity index (χ2v) is 6.88. The molecule has 2 aromatic carbocycles. The van der Waals surface area contributed by atoms with E-state index in [0.717, 1.165) is 11.3 Å². The lowest BCUT2D eigenvalue weighted by atomic mass is 10.2. The van der Waals surface area contributed by atoms with E-state index in [4.69, 9.17) is 51.1 Å². The van der Waals surface area contributed by atoms with Gasteiger partial charge in [0.2, 0.25) is 0 Å². The number of aromatic hydroxyl groups is 1. The van der Waals surface area contributed by atoms with E-state index in [-0.39, 0.29) is 15.8 Å². The van der Waals surface area contributed by atoms with Crippen LogP contribution in [0.4, 0.5) is 11.4 Å². The molecule has 0 unspecified atom stereocenters. The molecule has 0 aromatic heterocycles. The zero-order valence-corrected chi connectivity index (χ0v) is 17.1. The van der Waals surface area contributed by atoms with Crippen LogP contribution in [0.15, 0.2) is 35.3 Å². The van der Waals surface area contributed by atoms with Crippen molar-refractivity contribution in [2.75, 3.05) is 36.9 Å². The normalized spacial score (nSPS) is 11.1. The second-order valence-electron chi connectivity index (χ2n) is 5.31. The Morgan fingerprint density at radius 3 is 2.23 bits per heavy atom. The Kier molecular flexibility index (Phi) is 8.16. The first-order chi connectivity index (χ1) is 12.5. The van der Waals surface area contributed by atoms with Crippen molar-refractivity contribution in [1.82, 2.24) is 0 Å². The van der Waals surface area contributed by atoms with Crippen LogP contribution in [0.5, 0.6) is 11.5 Å². The van der Waals surface area contributed by atoms with E-state index in [1.54, 1.807) is 13.3 Å². The van der Waals surface area contributed by atoms with Crippen LogP contribution >= 0.6 is 46.4 Å². The van der Waals surface area contributed by atoms with Crippen molar-refractivity contribution in [2.24, 2.45) is 4.99 Å². The maximum absolute atomic E-state index is 9.60. The minimum Gasteiger partial charge on any atom is -0.505 e. The zero-order valence-electron chi connectivity index (χ0n) is 14.1. The van der Waals surface area contributed by atoms with Gasteiger partial charge in [-0.3, -0.25) is 4.99 Å². The summed E-state index contributed by atoms with van der Waals surface area (Å²) in [5.41, 5.74) is 2.29. The van der Waals surface area contributed by atoms with Crippen molar-refractivity contribution in [1.29, 1.82) is 0 Å². The molecule has 0 atom stereocenters. The largest absolute Gasteiger partial charge is 0.505 e. The summed E-state index contributed by atoms with van der Waals surface area (Å²) in [6.07, 6.45) is 1.67. The fraction of sp³-hybridized carbons (Fsp3) is 0.278. The van der Waals surface area contributed by atoms with Gasteiger partial charge < -0.3 is 14.7 Å². The van der Waals surface area contributed by atoms with Gasteiger partial charge >= 0.3 is 0 Å². The first-order valence-electron chi connectivity index (χ1n) is 7.77. The number of halogens is 4. The monoisotopic (exact) mass is 434 g/mol. The summed E-state index contributed by atoms with van der Waals surface area (Å²) in [6, 6.07) is 8.80. The maximum atomic E-state index is 9.60. The summed E-state index contributed by atoms with van der Waals surface area (Å²) < 4.78 is 5.50. The molecule has 1 N–H and O–H groups in total. The van der Waals surface area contributed by atoms with E-state index in [9.17, 15) is 5.11 Å². The highest BCUT2D eigenvalue weighted by molar-refractivity contribution is 6.37. The zero-order chi connectivity index (χ0) is 19.1. The molecule has 2 aromatic rings. The second kappa shape index (κ2) is 10.1. The van der Waals surface area contributed by atoms with E-state index in [1.807, 2.05) is 18.2 Å². The number of methoxy groups -OCH3 is 1. The number of aliphatic imine (C=N–C) groups is 1. The van der Waals surface area contributed by atoms with Crippen molar-refractivity contribution < 1.29 is 9.84 Å². The fourth-order valence-electron chi connectivity index (χ4n) is 2.37. The number of rotatable bonds is 8. The van der Waals surface area contributed by atoms with E-state index in [1.165, 1.54) is 12.1 Å². The molecule has 0 saturated carbocycles. The molecule has 0 bridgehead atoms.